The van der Waals surface area contributed by atoms with Crippen molar-refractivity contribution in [1.29, 1.82) is 0 Å². The smallest absolute Gasteiger partial charge is 0.115 e. The van der Waals surface area contributed by atoms with E-state index in [4.69, 9.17) is 16.2 Å². The predicted molar refractivity (Wildman–Crippen MR) is 42.2 cm³/mol. The van der Waals surface area contributed by atoms with Gasteiger partial charge in [0, 0.05) is 0 Å². The normalized spacial score (nSPS) is 20.1. The van der Waals surface area contributed by atoms with Gasteiger partial charge in [0.25, 0.3) is 0 Å². The molecule has 0 aliphatic heterocycles. The van der Waals surface area contributed by atoms with Gasteiger partial charge < -0.3 is 16.2 Å². The van der Waals surface area contributed by atoms with Crippen LogP contribution >= 0.6 is 0 Å². The molecule has 0 fully saturated rings. The van der Waals surface area contributed by atoms with Crippen molar-refractivity contribution in [3.8, 4) is 0 Å². The molecule has 0 aromatic heterocycles. The van der Waals surface area contributed by atoms with Gasteiger partial charge in [0.05, 0.1) is 0 Å². The average Bonchev–Trinajstić information content (AvgIpc) is 1.59. The van der Waals surface area contributed by atoms with E-state index in [1.54, 1.807) is 6.92 Å². The molecular weight excluding hydrogens is 128 g/mol. The molecule has 2 unspecified atom stereocenters. The second-order valence-electron chi connectivity index (χ2n) is 2.89. The highest BCUT2D eigenvalue weighted by Gasteiger charge is 2.18. The molecule has 0 aromatic rings. The molecule has 0 amide bonds. The van der Waals surface area contributed by atoms with Crippen LogP contribution in [0.1, 0.15) is 33.6 Å². The average molecular weight is 146 g/mol. The van der Waals surface area contributed by atoms with Gasteiger partial charge in [-0.2, -0.15) is 0 Å². The molecule has 4 N–H and O–H groups in total. The van der Waals surface area contributed by atoms with E-state index in [1.165, 1.54) is 0 Å². The van der Waals surface area contributed by atoms with Crippen LogP contribution < -0.4 is 11.5 Å². The van der Waals surface area contributed by atoms with E-state index in [9.17, 15) is 0 Å². The zero-order chi connectivity index (χ0) is 8.20. The SMILES string of the molecule is CCCC(C)(N)OC(C)N. The van der Waals surface area contributed by atoms with Gasteiger partial charge in [-0.25, -0.2) is 0 Å². The third kappa shape index (κ3) is 4.73. The lowest BCUT2D eigenvalue weighted by molar-refractivity contribution is -0.0740. The Morgan fingerprint density at radius 2 is 2.10 bits per heavy atom. The summed E-state index contributed by atoms with van der Waals surface area (Å²) in [5.74, 6) is 0. The molecule has 0 aliphatic carbocycles. The van der Waals surface area contributed by atoms with E-state index >= 15 is 0 Å². The minimum absolute atomic E-state index is 0.276. The Morgan fingerprint density at radius 1 is 1.60 bits per heavy atom. The molecule has 0 heterocycles. The second-order valence-corrected chi connectivity index (χ2v) is 2.89. The summed E-state index contributed by atoms with van der Waals surface area (Å²) in [4.78, 5) is 0. The Morgan fingerprint density at radius 3 is 2.40 bits per heavy atom. The molecule has 0 saturated heterocycles. The minimum Gasteiger partial charge on any atom is -0.344 e. The summed E-state index contributed by atoms with van der Waals surface area (Å²) in [6.07, 6.45) is 1.58. The summed E-state index contributed by atoms with van der Waals surface area (Å²) in [5.41, 5.74) is 10.6. The maximum Gasteiger partial charge on any atom is 0.115 e. The molecule has 0 bridgehead atoms. The van der Waals surface area contributed by atoms with Crippen LogP contribution in [0.25, 0.3) is 0 Å². The monoisotopic (exact) mass is 146 g/mol. The predicted octanol–water partition coefficient (Wildman–Crippen LogP) is 0.783. The fraction of sp³-hybridized carbons (Fsp3) is 1.00. The lowest BCUT2D eigenvalue weighted by Gasteiger charge is -2.26. The molecule has 0 rings (SSSR count). The van der Waals surface area contributed by atoms with Crippen LogP contribution in [0.15, 0.2) is 0 Å². The van der Waals surface area contributed by atoms with E-state index in [1.807, 2.05) is 6.92 Å². The molecular formula is C7H18N2O. The van der Waals surface area contributed by atoms with Crippen LogP contribution in [-0.4, -0.2) is 12.0 Å². The first-order chi connectivity index (χ1) is 4.48. The first kappa shape index (κ1) is 9.88. The molecule has 0 spiro atoms. The molecule has 2 atom stereocenters. The van der Waals surface area contributed by atoms with Crippen molar-refractivity contribution >= 4 is 0 Å². The summed E-state index contributed by atoms with van der Waals surface area (Å²) in [6.45, 7) is 5.69. The highest BCUT2D eigenvalue weighted by molar-refractivity contribution is 4.65. The van der Waals surface area contributed by atoms with Crippen molar-refractivity contribution in [3.05, 3.63) is 0 Å². The standard InChI is InChI=1S/C7H18N2O/c1-4-5-7(3,9)10-6(2)8/h6H,4-5,8-9H2,1-3H3. The summed E-state index contributed by atoms with van der Waals surface area (Å²) in [6, 6.07) is 0. The summed E-state index contributed by atoms with van der Waals surface area (Å²) >= 11 is 0. The minimum atomic E-state index is -0.553. The van der Waals surface area contributed by atoms with Gasteiger partial charge in [0.2, 0.25) is 0 Å². The van der Waals surface area contributed by atoms with Gasteiger partial charge in [0.1, 0.15) is 12.0 Å². The van der Waals surface area contributed by atoms with Crippen molar-refractivity contribution < 1.29 is 4.74 Å². The maximum absolute atomic E-state index is 5.73. The maximum atomic E-state index is 5.73. The van der Waals surface area contributed by atoms with Crippen LogP contribution in [0.3, 0.4) is 0 Å². The zero-order valence-electron chi connectivity index (χ0n) is 7.05. The Hall–Kier alpha value is -0.120. The Balaban J connectivity index is 3.63. The molecule has 0 radical (unpaired) electrons. The Bertz CT molecular complexity index is 91.6. The summed E-state index contributed by atoms with van der Waals surface area (Å²) in [7, 11) is 0. The lowest BCUT2D eigenvalue weighted by atomic mass is 10.1. The topological polar surface area (TPSA) is 61.3 Å². The van der Waals surface area contributed by atoms with Crippen LogP contribution in [-0.2, 0) is 4.74 Å². The molecule has 0 aliphatic rings. The quantitative estimate of drug-likeness (QED) is 0.576. The van der Waals surface area contributed by atoms with Gasteiger partial charge in [-0.15, -0.1) is 0 Å². The largest absolute Gasteiger partial charge is 0.344 e. The Kier molecular flexibility index (Phi) is 3.86. The van der Waals surface area contributed by atoms with E-state index in [0.717, 1.165) is 12.8 Å². The van der Waals surface area contributed by atoms with Crippen molar-refractivity contribution in [3.63, 3.8) is 0 Å². The third-order valence-electron chi connectivity index (χ3n) is 1.20. The van der Waals surface area contributed by atoms with Gasteiger partial charge in [0.15, 0.2) is 0 Å². The summed E-state index contributed by atoms with van der Waals surface area (Å²) in [5, 5.41) is 0. The summed E-state index contributed by atoms with van der Waals surface area (Å²) < 4.78 is 5.23. The third-order valence-corrected chi connectivity index (χ3v) is 1.20. The number of hydrogen-bond donors (Lipinski definition) is 2. The molecule has 0 aromatic carbocycles. The van der Waals surface area contributed by atoms with E-state index in [0.29, 0.717) is 0 Å². The molecule has 62 valence electrons. The number of rotatable bonds is 4. The number of ether oxygens (including phenoxy) is 1. The molecule has 3 nitrogen and oxygen atoms in total. The highest BCUT2D eigenvalue weighted by Crippen LogP contribution is 2.10. The second kappa shape index (κ2) is 3.91. The van der Waals surface area contributed by atoms with Gasteiger partial charge >= 0.3 is 0 Å². The zero-order valence-corrected chi connectivity index (χ0v) is 7.05. The lowest BCUT2D eigenvalue weighted by Crippen LogP contribution is -2.44. The van der Waals surface area contributed by atoms with Gasteiger partial charge in [-0.05, 0) is 20.3 Å². The molecule has 0 saturated carbocycles. The van der Waals surface area contributed by atoms with E-state index in [2.05, 4.69) is 6.92 Å². The first-order valence-corrected chi connectivity index (χ1v) is 3.70. The molecule has 10 heavy (non-hydrogen) atoms. The number of nitrogens with two attached hydrogens (primary N) is 2. The van der Waals surface area contributed by atoms with Crippen LogP contribution in [0.4, 0.5) is 0 Å². The fourth-order valence-corrected chi connectivity index (χ4v) is 0.980. The van der Waals surface area contributed by atoms with Crippen molar-refractivity contribution in [2.75, 3.05) is 0 Å². The van der Waals surface area contributed by atoms with Crippen LogP contribution in [0.2, 0.25) is 0 Å². The fourth-order valence-electron chi connectivity index (χ4n) is 0.980. The van der Waals surface area contributed by atoms with Crippen molar-refractivity contribution in [2.24, 2.45) is 11.5 Å². The highest BCUT2D eigenvalue weighted by atomic mass is 16.5. The van der Waals surface area contributed by atoms with Gasteiger partial charge in [-0.1, -0.05) is 13.3 Å². The van der Waals surface area contributed by atoms with Crippen LogP contribution in [0, 0.1) is 0 Å². The van der Waals surface area contributed by atoms with Crippen LogP contribution in [0.5, 0.6) is 0 Å². The van der Waals surface area contributed by atoms with E-state index < -0.39 is 5.72 Å². The molecule has 3 heteroatoms. The van der Waals surface area contributed by atoms with Crippen molar-refractivity contribution in [1.82, 2.24) is 0 Å². The first-order valence-electron chi connectivity index (χ1n) is 3.70. The van der Waals surface area contributed by atoms with Crippen molar-refractivity contribution in [2.45, 2.75) is 45.6 Å². The van der Waals surface area contributed by atoms with E-state index in [-0.39, 0.29) is 6.23 Å². The van der Waals surface area contributed by atoms with Gasteiger partial charge in [-0.3, -0.25) is 0 Å². The number of hydrogen-bond acceptors (Lipinski definition) is 3. The Labute approximate surface area is 62.7 Å².